The molecule has 0 radical (unpaired) electrons. The van der Waals surface area contributed by atoms with Crippen molar-refractivity contribution in [3.8, 4) is 0 Å². The van der Waals surface area contributed by atoms with Gasteiger partial charge in [-0.15, -0.1) is 0 Å². The Kier molecular flexibility index (Phi) is 4.67. The van der Waals surface area contributed by atoms with Gasteiger partial charge in [-0.3, -0.25) is 5.84 Å². The number of ether oxygens (including phenoxy) is 1. The quantitative estimate of drug-likeness (QED) is 0.439. The molecule has 0 aromatic heterocycles. The van der Waals surface area contributed by atoms with Crippen LogP contribution in [0.3, 0.4) is 0 Å². The summed E-state index contributed by atoms with van der Waals surface area (Å²) in [7, 11) is 1.67. The fraction of sp³-hybridized carbons (Fsp3) is 1.00. The van der Waals surface area contributed by atoms with Crippen LogP contribution >= 0.6 is 0 Å². The van der Waals surface area contributed by atoms with Gasteiger partial charge in [-0.1, -0.05) is 0 Å². The fourth-order valence-corrected chi connectivity index (χ4v) is 0.455. The molecule has 3 nitrogen and oxygen atoms in total. The van der Waals surface area contributed by atoms with Gasteiger partial charge in [0.2, 0.25) is 0 Å². The van der Waals surface area contributed by atoms with Gasteiger partial charge < -0.3 is 4.74 Å². The molecule has 0 saturated heterocycles. The predicted molar refractivity (Wildman–Crippen MR) is 37.9 cm³/mol. The highest BCUT2D eigenvalue weighted by molar-refractivity contribution is 4.52. The Morgan fingerprint density at radius 1 is 1.56 bits per heavy atom. The van der Waals surface area contributed by atoms with Crippen molar-refractivity contribution in [2.45, 2.75) is 19.9 Å². The lowest BCUT2D eigenvalue weighted by Crippen LogP contribution is -2.39. The summed E-state index contributed by atoms with van der Waals surface area (Å²) >= 11 is 0. The summed E-state index contributed by atoms with van der Waals surface area (Å²) in [5.41, 5.74) is 0. The number of methoxy groups -OCH3 is 1. The molecule has 0 fully saturated rings. The molecule has 0 bridgehead atoms. The SMILES string of the molecule is COCCN(N)C(C)C. The monoisotopic (exact) mass is 132 g/mol. The van der Waals surface area contributed by atoms with E-state index in [0.29, 0.717) is 12.6 Å². The first-order chi connectivity index (χ1) is 4.18. The Labute approximate surface area is 56.7 Å². The maximum Gasteiger partial charge on any atom is 0.0603 e. The Balaban J connectivity index is 3.16. The van der Waals surface area contributed by atoms with Crippen LogP contribution in [-0.2, 0) is 4.74 Å². The molecule has 0 aromatic rings. The largest absolute Gasteiger partial charge is 0.383 e. The van der Waals surface area contributed by atoms with Crippen molar-refractivity contribution < 1.29 is 4.74 Å². The van der Waals surface area contributed by atoms with Gasteiger partial charge in [0.15, 0.2) is 0 Å². The van der Waals surface area contributed by atoms with Gasteiger partial charge in [-0.05, 0) is 13.8 Å². The fourth-order valence-electron chi connectivity index (χ4n) is 0.455. The molecule has 9 heavy (non-hydrogen) atoms. The van der Waals surface area contributed by atoms with Gasteiger partial charge in [-0.25, -0.2) is 5.01 Å². The molecule has 0 rings (SSSR count). The van der Waals surface area contributed by atoms with Gasteiger partial charge in [0, 0.05) is 19.7 Å². The van der Waals surface area contributed by atoms with Gasteiger partial charge >= 0.3 is 0 Å². The van der Waals surface area contributed by atoms with Crippen molar-refractivity contribution >= 4 is 0 Å². The van der Waals surface area contributed by atoms with Crippen LogP contribution in [0.5, 0.6) is 0 Å². The second kappa shape index (κ2) is 4.73. The maximum atomic E-state index is 5.56. The minimum Gasteiger partial charge on any atom is -0.383 e. The minimum atomic E-state index is 0.403. The Morgan fingerprint density at radius 2 is 2.11 bits per heavy atom. The number of hydrazine groups is 1. The second-order valence-electron chi connectivity index (χ2n) is 2.32. The summed E-state index contributed by atoms with van der Waals surface area (Å²) in [6.45, 7) is 5.61. The first-order valence-electron chi connectivity index (χ1n) is 3.18. The summed E-state index contributed by atoms with van der Waals surface area (Å²) in [5, 5.41) is 1.75. The molecule has 0 atom stereocenters. The van der Waals surface area contributed by atoms with E-state index in [1.54, 1.807) is 12.1 Å². The van der Waals surface area contributed by atoms with Gasteiger partial charge in [0.25, 0.3) is 0 Å². The van der Waals surface area contributed by atoms with Crippen LogP contribution in [0, 0.1) is 0 Å². The van der Waals surface area contributed by atoms with Crippen molar-refractivity contribution in [2.75, 3.05) is 20.3 Å². The third-order valence-electron chi connectivity index (χ3n) is 1.22. The van der Waals surface area contributed by atoms with E-state index in [1.807, 2.05) is 0 Å². The predicted octanol–water partition coefficient (Wildman–Crippen LogP) is 0.217. The highest BCUT2D eigenvalue weighted by Gasteiger charge is 2.00. The first-order valence-corrected chi connectivity index (χ1v) is 3.18. The number of rotatable bonds is 4. The van der Waals surface area contributed by atoms with Crippen LogP contribution in [0.4, 0.5) is 0 Å². The number of hydrogen-bond acceptors (Lipinski definition) is 3. The lowest BCUT2D eigenvalue weighted by Gasteiger charge is -2.19. The molecule has 0 aliphatic heterocycles. The van der Waals surface area contributed by atoms with Crippen molar-refractivity contribution in [1.82, 2.24) is 5.01 Å². The number of nitrogens with two attached hydrogens (primary N) is 1. The van der Waals surface area contributed by atoms with Gasteiger partial charge in [-0.2, -0.15) is 0 Å². The standard InChI is InChI=1S/C6H16N2O/c1-6(2)8(7)4-5-9-3/h6H,4-5,7H2,1-3H3. The van der Waals surface area contributed by atoms with Crippen molar-refractivity contribution in [3.63, 3.8) is 0 Å². The van der Waals surface area contributed by atoms with E-state index >= 15 is 0 Å². The molecule has 0 spiro atoms. The average molecular weight is 132 g/mol. The molecule has 0 aliphatic carbocycles. The molecular formula is C6H16N2O. The smallest absolute Gasteiger partial charge is 0.0603 e. The van der Waals surface area contributed by atoms with E-state index in [-0.39, 0.29) is 0 Å². The highest BCUT2D eigenvalue weighted by Crippen LogP contribution is 1.87. The van der Waals surface area contributed by atoms with Gasteiger partial charge in [0.1, 0.15) is 0 Å². The summed E-state index contributed by atoms with van der Waals surface area (Å²) in [6.07, 6.45) is 0. The zero-order valence-electron chi connectivity index (χ0n) is 6.42. The summed E-state index contributed by atoms with van der Waals surface area (Å²) in [5.74, 6) is 5.56. The van der Waals surface area contributed by atoms with Crippen molar-refractivity contribution in [1.29, 1.82) is 0 Å². The van der Waals surface area contributed by atoms with Crippen LogP contribution in [-0.4, -0.2) is 31.3 Å². The molecule has 56 valence electrons. The van der Waals surface area contributed by atoms with E-state index < -0.39 is 0 Å². The van der Waals surface area contributed by atoms with E-state index in [9.17, 15) is 0 Å². The van der Waals surface area contributed by atoms with Crippen LogP contribution < -0.4 is 5.84 Å². The highest BCUT2D eigenvalue weighted by atomic mass is 16.5. The van der Waals surface area contributed by atoms with Crippen LogP contribution in [0.15, 0.2) is 0 Å². The third kappa shape index (κ3) is 4.39. The summed E-state index contributed by atoms with van der Waals surface area (Å²) < 4.78 is 4.84. The van der Waals surface area contributed by atoms with E-state index in [2.05, 4.69) is 13.8 Å². The van der Waals surface area contributed by atoms with Crippen LogP contribution in [0.25, 0.3) is 0 Å². The topological polar surface area (TPSA) is 38.5 Å². The second-order valence-corrected chi connectivity index (χ2v) is 2.32. The van der Waals surface area contributed by atoms with Crippen molar-refractivity contribution in [2.24, 2.45) is 5.84 Å². The van der Waals surface area contributed by atoms with E-state index in [4.69, 9.17) is 10.6 Å². The molecule has 0 saturated carbocycles. The molecule has 0 amide bonds. The average Bonchev–Trinajstić information content (AvgIpc) is 1.82. The van der Waals surface area contributed by atoms with Crippen LogP contribution in [0.2, 0.25) is 0 Å². The van der Waals surface area contributed by atoms with E-state index in [0.717, 1.165) is 6.54 Å². The molecule has 3 heteroatoms. The molecule has 2 N–H and O–H groups in total. The molecule has 0 unspecified atom stereocenters. The Hall–Kier alpha value is -0.120. The first kappa shape index (κ1) is 8.88. The molecule has 0 aromatic carbocycles. The minimum absolute atomic E-state index is 0.403. The summed E-state index contributed by atoms with van der Waals surface area (Å²) in [6, 6.07) is 0.403. The lowest BCUT2D eigenvalue weighted by atomic mass is 10.4. The van der Waals surface area contributed by atoms with Crippen LogP contribution in [0.1, 0.15) is 13.8 Å². The molecule has 0 aliphatic rings. The van der Waals surface area contributed by atoms with Crippen molar-refractivity contribution in [3.05, 3.63) is 0 Å². The van der Waals surface area contributed by atoms with E-state index in [1.165, 1.54) is 0 Å². The summed E-state index contributed by atoms with van der Waals surface area (Å²) in [4.78, 5) is 0. The molecule has 0 heterocycles. The number of nitrogens with zero attached hydrogens (tertiary/aromatic N) is 1. The number of hydrogen-bond donors (Lipinski definition) is 1. The van der Waals surface area contributed by atoms with Gasteiger partial charge in [0.05, 0.1) is 6.61 Å². The third-order valence-corrected chi connectivity index (χ3v) is 1.22. The Morgan fingerprint density at radius 3 is 2.44 bits per heavy atom. The molecular weight excluding hydrogens is 116 g/mol. The zero-order chi connectivity index (χ0) is 7.28. The maximum absolute atomic E-state index is 5.56. The Bertz CT molecular complexity index is 66.1. The lowest BCUT2D eigenvalue weighted by molar-refractivity contribution is 0.130. The normalized spacial score (nSPS) is 11.3. The zero-order valence-corrected chi connectivity index (χ0v) is 6.42.